The summed E-state index contributed by atoms with van der Waals surface area (Å²) in [7, 11) is -1.68. The van der Waals surface area contributed by atoms with Gasteiger partial charge in [0.2, 0.25) is 12.8 Å². The highest BCUT2D eigenvalue weighted by molar-refractivity contribution is 7.48. The lowest BCUT2D eigenvalue weighted by Gasteiger charge is -2.20. The van der Waals surface area contributed by atoms with Gasteiger partial charge in [-0.3, -0.25) is 18.5 Å². The molecule has 0 aromatic heterocycles. The van der Waals surface area contributed by atoms with E-state index >= 15 is 0 Å². The van der Waals surface area contributed by atoms with Crippen molar-refractivity contribution in [2.24, 2.45) is 5.16 Å². The zero-order valence-electron chi connectivity index (χ0n) is 11.4. The summed E-state index contributed by atoms with van der Waals surface area (Å²) >= 11 is 38.3. The van der Waals surface area contributed by atoms with Crippen molar-refractivity contribution in [2.45, 2.75) is 7.59 Å². The van der Waals surface area contributed by atoms with E-state index in [9.17, 15) is 9.36 Å². The number of nitrogens with zero attached hydrogens (tertiary/aromatic N) is 2. The van der Waals surface area contributed by atoms with E-state index in [0.29, 0.717) is 0 Å². The molecule has 0 bridgehead atoms. The Labute approximate surface area is 167 Å². The zero-order valence-corrected chi connectivity index (χ0v) is 17.6. The molecule has 0 atom stereocenters. The highest BCUT2D eigenvalue weighted by Gasteiger charge is 2.37. The lowest BCUT2D eigenvalue weighted by Crippen LogP contribution is -2.27. The molecule has 0 spiro atoms. The molecule has 136 valence electrons. The molecule has 23 heavy (non-hydrogen) atoms. The number of oxime groups is 1. The maximum atomic E-state index is 12.3. The molecule has 0 fully saturated rings. The molecule has 0 heterocycles. The maximum Gasteiger partial charge on any atom is 0.550 e. The Bertz CT molecular complexity index is 468. The molecule has 0 saturated carbocycles. The molecule has 0 aliphatic rings. The molecule has 0 saturated heterocycles. The monoisotopic (exact) mass is 490 g/mol. The Morgan fingerprint density at radius 1 is 1.04 bits per heavy atom. The predicted molar refractivity (Wildman–Crippen MR) is 93.2 cm³/mol. The van der Waals surface area contributed by atoms with Crippen molar-refractivity contribution in [1.29, 1.82) is 0 Å². The maximum absolute atomic E-state index is 12.3. The molecule has 15 heteroatoms. The largest absolute Gasteiger partial charge is 0.550 e. The van der Waals surface area contributed by atoms with Gasteiger partial charge < -0.3 is 4.90 Å². The van der Waals surface area contributed by atoms with Gasteiger partial charge in [-0.05, 0) is 0 Å². The van der Waals surface area contributed by atoms with E-state index in [0.717, 1.165) is 4.90 Å². The molecular weight excluding hydrogens is 483 g/mol. The summed E-state index contributed by atoms with van der Waals surface area (Å²) in [5, 5.41) is 2.48. The summed E-state index contributed by atoms with van der Waals surface area (Å²) < 4.78 is 22.4. The van der Waals surface area contributed by atoms with Crippen molar-refractivity contribution in [2.75, 3.05) is 27.3 Å². The molecule has 0 radical (unpaired) electrons. The van der Waals surface area contributed by atoms with E-state index in [-0.39, 0.29) is 0 Å². The van der Waals surface area contributed by atoms with Crippen LogP contribution in [0.15, 0.2) is 5.16 Å². The summed E-state index contributed by atoms with van der Waals surface area (Å²) in [5.74, 6) is -0.735. The SMILES string of the molecule is CN(C)C(=O)/C(Cl)=N\OP(=O)(OCC(Cl)(Cl)Cl)OCC(Cl)(Cl)Cl. The molecule has 0 aliphatic heterocycles. The number of rotatable bonds is 7. The van der Waals surface area contributed by atoms with E-state index in [4.69, 9.17) is 90.3 Å². The first-order valence-corrected chi connectivity index (χ1v) is 9.42. The first-order chi connectivity index (χ1) is 10.2. The van der Waals surface area contributed by atoms with Crippen LogP contribution >= 0.6 is 89.0 Å². The minimum absolute atomic E-state index is 0.662. The number of hydrogen-bond donors (Lipinski definition) is 0. The number of hydrogen-bond acceptors (Lipinski definition) is 6. The van der Waals surface area contributed by atoms with Gasteiger partial charge in [0.1, 0.15) is 13.2 Å². The first-order valence-electron chi connectivity index (χ1n) is 5.32. The van der Waals surface area contributed by atoms with Crippen LogP contribution in [0.2, 0.25) is 0 Å². The second kappa shape index (κ2) is 9.72. The highest BCUT2D eigenvalue weighted by atomic mass is 35.6. The first kappa shape index (κ1) is 24.1. The predicted octanol–water partition coefficient (Wildman–Crippen LogP) is 4.53. The van der Waals surface area contributed by atoms with E-state index < -0.39 is 39.7 Å². The van der Waals surface area contributed by atoms with Gasteiger partial charge in [-0.25, -0.2) is 4.57 Å². The van der Waals surface area contributed by atoms with E-state index in [1.807, 2.05) is 0 Å². The van der Waals surface area contributed by atoms with Gasteiger partial charge >= 0.3 is 7.82 Å². The summed E-state index contributed by atoms with van der Waals surface area (Å²) in [5.41, 5.74) is 0. The molecular formula is C8H10Cl7N2O5P. The highest BCUT2D eigenvalue weighted by Crippen LogP contribution is 2.52. The van der Waals surface area contributed by atoms with Gasteiger partial charge in [0.25, 0.3) is 5.91 Å². The quantitative estimate of drug-likeness (QED) is 0.226. The van der Waals surface area contributed by atoms with Crippen LogP contribution in [0.4, 0.5) is 0 Å². The average Bonchev–Trinajstić information content (AvgIpc) is 2.38. The normalized spacial score (nSPS) is 13.9. The third kappa shape index (κ3) is 12.2. The van der Waals surface area contributed by atoms with Crippen LogP contribution in [0.5, 0.6) is 0 Å². The van der Waals surface area contributed by atoms with Crippen LogP contribution in [0, 0.1) is 0 Å². The minimum atomic E-state index is -4.49. The van der Waals surface area contributed by atoms with Gasteiger partial charge in [0.15, 0.2) is 0 Å². The van der Waals surface area contributed by atoms with Crippen LogP contribution in [0.25, 0.3) is 0 Å². The Morgan fingerprint density at radius 3 is 1.74 bits per heavy atom. The van der Waals surface area contributed by atoms with E-state index in [1.54, 1.807) is 0 Å². The lowest BCUT2D eigenvalue weighted by atomic mass is 10.6. The zero-order chi connectivity index (χ0) is 18.5. The fraction of sp³-hybridized carbons (Fsp3) is 0.750. The molecule has 0 N–H and O–H groups in total. The molecule has 0 unspecified atom stereocenters. The van der Waals surface area contributed by atoms with Crippen molar-refractivity contribution < 1.29 is 23.0 Å². The second-order valence-electron chi connectivity index (χ2n) is 3.89. The van der Waals surface area contributed by atoms with Crippen molar-refractivity contribution in [3.8, 4) is 0 Å². The standard InChI is InChI=1S/C8H10Cl7N2O5P/c1-17(2)6(18)5(9)16-22-23(19,20-3-7(10,11)12)21-4-8(13,14)15/h3-4H2,1-2H3/b16-5+. The number of phosphoric ester groups is 1. The third-order valence-electron chi connectivity index (χ3n) is 1.58. The number of halogens is 7. The number of amides is 1. The summed E-state index contributed by atoms with van der Waals surface area (Å²) in [4.78, 5) is 12.6. The van der Waals surface area contributed by atoms with Gasteiger partial charge in [0.05, 0.1) is 0 Å². The Morgan fingerprint density at radius 2 is 1.43 bits per heavy atom. The third-order valence-corrected chi connectivity index (χ3v) is 3.63. The smallest absolute Gasteiger partial charge is 0.343 e. The van der Waals surface area contributed by atoms with Crippen LogP contribution in [-0.2, 0) is 23.0 Å². The van der Waals surface area contributed by atoms with Crippen molar-refractivity contribution in [3.05, 3.63) is 0 Å². The van der Waals surface area contributed by atoms with Crippen molar-refractivity contribution in [1.82, 2.24) is 4.90 Å². The molecule has 0 rings (SSSR count). The topological polar surface area (TPSA) is 77.4 Å². The number of carbonyl (C=O) groups is 1. The molecule has 0 aromatic rings. The second-order valence-corrected chi connectivity index (χ2v) is 10.9. The summed E-state index contributed by atoms with van der Waals surface area (Å²) in [6.45, 7) is -1.41. The van der Waals surface area contributed by atoms with Crippen LogP contribution in [0.1, 0.15) is 0 Å². The fourth-order valence-electron chi connectivity index (χ4n) is 0.698. The Balaban J connectivity index is 5.08. The van der Waals surface area contributed by atoms with Gasteiger partial charge in [-0.15, -0.1) is 0 Å². The Hall–Kier alpha value is 1.12. The lowest BCUT2D eigenvalue weighted by molar-refractivity contribution is -0.121. The number of alkyl halides is 6. The number of carbonyl (C=O) groups excluding carboxylic acids is 1. The summed E-state index contributed by atoms with van der Waals surface area (Å²) in [6.07, 6.45) is 0. The molecule has 7 nitrogen and oxygen atoms in total. The fourth-order valence-corrected chi connectivity index (χ4v) is 2.79. The molecule has 1 amide bonds. The van der Waals surface area contributed by atoms with Gasteiger partial charge in [-0.2, -0.15) is 0 Å². The minimum Gasteiger partial charge on any atom is -0.343 e. The van der Waals surface area contributed by atoms with Crippen LogP contribution in [-0.4, -0.2) is 50.9 Å². The number of phosphoric acid groups is 1. The van der Waals surface area contributed by atoms with Crippen LogP contribution in [0.3, 0.4) is 0 Å². The Kier molecular flexibility index (Phi) is 10.2. The van der Waals surface area contributed by atoms with E-state index in [1.165, 1.54) is 14.1 Å². The van der Waals surface area contributed by atoms with Gasteiger partial charge in [0, 0.05) is 14.1 Å². The van der Waals surface area contributed by atoms with Crippen LogP contribution < -0.4 is 0 Å². The summed E-state index contributed by atoms with van der Waals surface area (Å²) in [6, 6.07) is 0. The molecule has 0 aromatic carbocycles. The average molecular weight is 493 g/mol. The van der Waals surface area contributed by atoms with Crippen molar-refractivity contribution >= 4 is 100 Å². The van der Waals surface area contributed by atoms with Crippen molar-refractivity contribution in [3.63, 3.8) is 0 Å². The molecule has 0 aliphatic carbocycles. The van der Waals surface area contributed by atoms with Gasteiger partial charge in [-0.1, -0.05) is 86.4 Å². The van der Waals surface area contributed by atoms with E-state index in [2.05, 4.69) is 9.78 Å².